The Labute approximate surface area is 111 Å². The van der Waals surface area contributed by atoms with E-state index in [0.717, 1.165) is 0 Å². The summed E-state index contributed by atoms with van der Waals surface area (Å²) in [6, 6.07) is 3.09. The van der Waals surface area contributed by atoms with E-state index in [4.69, 9.17) is 5.73 Å². The van der Waals surface area contributed by atoms with Crippen LogP contribution in [-0.4, -0.2) is 17.1 Å². The topological polar surface area (TPSA) is 41.8 Å². The average Bonchev–Trinajstić information content (AvgIpc) is 2.73. The summed E-state index contributed by atoms with van der Waals surface area (Å²) in [5, 5.41) is 0.258. The van der Waals surface area contributed by atoms with Gasteiger partial charge in [0.1, 0.15) is 6.04 Å². The Bertz CT molecular complexity index is 563. The highest BCUT2D eigenvalue weighted by Gasteiger charge is 2.61. The molecule has 0 saturated carbocycles. The Morgan fingerprint density at radius 1 is 1.05 bits per heavy atom. The fraction of sp³-hybridized carbons (Fsp3) is 0.273. The molecule has 0 aliphatic heterocycles. The van der Waals surface area contributed by atoms with Gasteiger partial charge in [0, 0.05) is 17.1 Å². The van der Waals surface area contributed by atoms with Gasteiger partial charge < -0.3 is 10.7 Å². The minimum atomic E-state index is -5.68. The van der Waals surface area contributed by atoms with Crippen LogP contribution in [0.25, 0.3) is 10.9 Å². The molecule has 1 aromatic carbocycles. The molecule has 3 N–H and O–H groups in total. The zero-order valence-electron chi connectivity index (χ0n) is 9.34. The standard InChI is InChI=1S/C11H9F5N2.ClH/c12-10(13,11(14,15)16)9(17)7-2-1-3-8-6(7)4-5-18-8;/h1-5,9,18H,17H2;1H/t9-;/m1./s1. The third-order valence-electron chi connectivity index (χ3n) is 2.73. The zero-order chi connectivity index (χ0) is 13.6. The summed E-state index contributed by atoms with van der Waals surface area (Å²) < 4.78 is 63.1. The summed E-state index contributed by atoms with van der Waals surface area (Å²) >= 11 is 0. The molecule has 1 atom stereocenters. The molecule has 1 aromatic heterocycles. The first-order chi connectivity index (χ1) is 8.25. The van der Waals surface area contributed by atoms with E-state index in [9.17, 15) is 22.0 Å². The lowest BCUT2D eigenvalue weighted by atomic mass is 9.97. The van der Waals surface area contributed by atoms with Crippen molar-refractivity contribution in [3.63, 3.8) is 0 Å². The maximum Gasteiger partial charge on any atom is 0.455 e. The lowest BCUT2D eigenvalue weighted by molar-refractivity contribution is -0.290. The quantitative estimate of drug-likeness (QED) is 0.814. The van der Waals surface area contributed by atoms with Gasteiger partial charge in [-0.05, 0) is 17.7 Å². The van der Waals surface area contributed by atoms with Gasteiger partial charge in [0.05, 0.1) is 0 Å². The molecule has 1 heterocycles. The molecular weight excluding hydrogens is 291 g/mol. The van der Waals surface area contributed by atoms with Crippen molar-refractivity contribution in [3.05, 3.63) is 36.0 Å². The maximum atomic E-state index is 13.2. The van der Waals surface area contributed by atoms with Crippen LogP contribution in [0.3, 0.4) is 0 Å². The van der Waals surface area contributed by atoms with Gasteiger partial charge in [-0.15, -0.1) is 12.4 Å². The number of nitrogens with two attached hydrogens (primary N) is 1. The van der Waals surface area contributed by atoms with Crippen LogP contribution in [-0.2, 0) is 0 Å². The smallest absolute Gasteiger partial charge is 0.361 e. The number of H-pyrrole nitrogens is 1. The summed E-state index contributed by atoms with van der Waals surface area (Å²) in [6.45, 7) is 0. The summed E-state index contributed by atoms with van der Waals surface area (Å²) in [7, 11) is 0. The molecular formula is C11H10ClF5N2. The van der Waals surface area contributed by atoms with E-state index in [-0.39, 0.29) is 23.4 Å². The number of hydrogen-bond acceptors (Lipinski definition) is 1. The first-order valence-corrected chi connectivity index (χ1v) is 5.01. The lowest BCUT2D eigenvalue weighted by Gasteiger charge is -2.26. The second-order valence-electron chi connectivity index (χ2n) is 3.88. The molecule has 0 saturated heterocycles. The number of nitrogens with one attached hydrogen (secondary N) is 1. The van der Waals surface area contributed by atoms with Gasteiger partial charge in [-0.25, -0.2) is 0 Å². The average molecular weight is 301 g/mol. The van der Waals surface area contributed by atoms with E-state index < -0.39 is 18.1 Å². The molecule has 0 bridgehead atoms. The summed E-state index contributed by atoms with van der Waals surface area (Å²) in [4.78, 5) is 2.72. The van der Waals surface area contributed by atoms with Crippen LogP contribution >= 0.6 is 12.4 Å². The first-order valence-electron chi connectivity index (χ1n) is 5.01. The van der Waals surface area contributed by atoms with Crippen LogP contribution < -0.4 is 5.73 Å². The number of hydrogen-bond donors (Lipinski definition) is 2. The third-order valence-corrected chi connectivity index (χ3v) is 2.73. The van der Waals surface area contributed by atoms with Crippen LogP contribution in [0, 0.1) is 0 Å². The minimum absolute atomic E-state index is 0. The Kier molecular flexibility index (Phi) is 4.11. The van der Waals surface area contributed by atoms with E-state index in [1.807, 2.05) is 0 Å². The maximum absolute atomic E-state index is 13.2. The Morgan fingerprint density at radius 3 is 2.26 bits per heavy atom. The molecule has 8 heteroatoms. The third kappa shape index (κ3) is 2.52. The Balaban J connectivity index is 0.00000180. The van der Waals surface area contributed by atoms with Crippen molar-refractivity contribution in [1.29, 1.82) is 0 Å². The van der Waals surface area contributed by atoms with Crippen LogP contribution in [0.15, 0.2) is 30.5 Å². The molecule has 0 amide bonds. The second kappa shape index (κ2) is 4.97. The van der Waals surface area contributed by atoms with Crippen molar-refractivity contribution in [2.24, 2.45) is 5.73 Å². The molecule has 0 fully saturated rings. The second-order valence-corrected chi connectivity index (χ2v) is 3.88. The SMILES string of the molecule is Cl.N[C@H](c1cccc2[nH]ccc12)C(F)(F)C(F)(F)F. The van der Waals surface area contributed by atoms with E-state index in [1.165, 1.54) is 24.4 Å². The largest absolute Gasteiger partial charge is 0.455 e. The molecule has 2 nitrogen and oxygen atoms in total. The van der Waals surface area contributed by atoms with Crippen LogP contribution in [0.2, 0.25) is 0 Å². The van der Waals surface area contributed by atoms with Gasteiger partial charge in [-0.3, -0.25) is 0 Å². The number of benzene rings is 1. The predicted octanol–water partition coefficient (Wildman–Crippen LogP) is 3.79. The van der Waals surface area contributed by atoms with Gasteiger partial charge in [0.25, 0.3) is 0 Å². The number of halogens is 6. The van der Waals surface area contributed by atoms with E-state index in [2.05, 4.69) is 4.98 Å². The van der Waals surface area contributed by atoms with E-state index in [0.29, 0.717) is 5.52 Å². The van der Waals surface area contributed by atoms with Crippen molar-refractivity contribution >= 4 is 23.3 Å². The highest BCUT2D eigenvalue weighted by molar-refractivity contribution is 5.85. The fourth-order valence-electron chi connectivity index (χ4n) is 1.75. The summed E-state index contributed by atoms with van der Waals surface area (Å²) in [5.41, 5.74) is 5.32. The zero-order valence-corrected chi connectivity index (χ0v) is 10.2. The highest BCUT2D eigenvalue weighted by Crippen LogP contribution is 2.44. The molecule has 2 rings (SSSR count). The molecule has 106 valence electrons. The molecule has 0 radical (unpaired) electrons. The number of alkyl halides is 5. The van der Waals surface area contributed by atoms with Crippen molar-refractivity contribution in [3.8, 4) is 0 Å². The number of aromatic amines is 1. The van der Waals surface area contributed by atoms with Crippen LogP contribution in [0.4, 0.5) is 22.0 Å². The van der Waals surface area contributed by atoms with Gasteiger partial charge in [-0.2, -0.15) is 22.0 Å². The predicted molar refractivity (Wildman–Crippen MR) is 63.5 cm³/mol. The fourth-order valence-corrected chi connectivity index (χ4v) is 1.75. The molecule has 0 spiro atoms. The van der Waals surface area contributed by atoms with Crippen molar-refractivity contribution < 1.29 is 22.0 Å². The summed E-state index contributed by atoms with van der Waals surface area (Å²) in [6.07, 6.45) is -4.22. The van der Waals surface area contributed by atoms with Gasteiger partial charge in [0.2, 0.25) is 0 Å². The Morgan fingerprint density at radius 2 is 1.68 bits per heavy atom. The molecule has 2 aromatic rings. The Hall–Kier alpha value is -1.34. The van der Waals surface area contributed by atoms with Crippen molar-refractivity contribution in [1.82, 2.24) is 4.98 Å². The molecule has 0 aliphatic rings. The van der Waals surface area contributed by atoms with E-state index >= 15 is 0 Å². The molecule has 19 heavy (non-hydrogen) atoms. The molecule has 0 aliphatic carbocycles. The minimum Gasteiger partial charge on any atom is -0.361 e. The van der Waals surface area contributed by atoms with Crippen molar-refractivity contribution in [2.45, 2.75) is 18.1 Å². The monoisotopic (exact) mass is 300 g/mol. The normalized spacial score (nSPS) is 14.2. The van der Waals surface area contributed by atoms with Gasteiger partial charge in [-0.1, -0.05) is 12.1 Å². The van der Waals surface area contributed by atoms with Crippen molar-refractivity contribution in [2.75, 3.05) is 0 Å². The summed E-state index contributed by atoms with van der Waals surface area (Å²) in [5.74, 6) is -4.97. The number of fused-ring (bicyclic) bond motifs is 1. The van der Waals surface area contributed by atoms with Crippen LogP contribution in [0.5, 0.6) is 0 Å². The lowest BCUT2D eigenvalue weighted by Crippen LogP contribution is -2.45. The van der Waals surface area contributed by atoms with Gasteiger partial charge >= 0.3 is 12.1 Å². The van der Waals surface area contributed by atoms with Crippen LogP contribution in [0.1, 0.15) is 11.6 Å². The number of rotatable bonds is 2. The van der Waals surface area contributed by atoms with E-state index in [1.54, 1.807) is 6.07 Å². The first kappa shape index (κ1) is 15.7. The number of aromatic nitrogens is 1. The molecule has 0 unspecified atom stereocenters. The van der Waals surface area contributed by atoms with Gasteiger partial charge in [0.15, 0.2) is 0 Å². The highest BCUT2D eigenvalue weighted by atomic mass is 35.5.